The summed E-state index contributed by atoms with van der Waals surface area (Å²) in [5.74, 6) is -0.400. The maximum Gasteiger partial charge on any atom is 0.259 e. The van der Waals surface area contributed by atoms with Crippen LogP contribution in [0, 0.1) is 0 Å². The van der Waals surface area contributed by atoms with E-state index >= 15 is 0 Å². The van der Waals surface area contributed by atoms with Gasteiger partial charge < -0.3 is 15.4 Å². The minimum Gasteiger partial charge on any atom is -0.496 e. The van der Waals surface area contributed by atoms with Crippen LogP contribution in [-0.4, -0.2) is 44.7 Å². The summed E-state index contributed by atoms with van der Waals surface area (Å²) in [5, 5.41) is 5.39. The van der Waals surface area contributed by atoms with Gasteiger partial charge in [0.05, 0.1) is 17.6 Å². The van der Waals surface area contributed by atoms with E-state index in [-0.39, 0.29) is 22.1 Å². The number of ether oxygens (including phenoxy) is 1. The van der Waals surface area contributed by atoms with Gasteiger partial charge in [-0.3, -0.25) is 9.59 Å². The fraction of sp³-hybridized carbons (Fsp3) is 0.364. The first-order chi connectivity index (χ1) is 14.8. The molecule has 2 aromatic rings. The van der Waals surface area contributed by atoms with Crippen molar-refractivity contribution in [3.05, 3.63) is 48.0 Å². The normalized spacial score (nSPS) is 15.0. The first kappa shape index (κ1) is 22.8. The number of hydrogen-bond acceptors (Lipinski definition) is 5. The predicted octanol–water partition coefficient (Wildman–Crippen LogP) is 3.47. The van der Waals surface area contributed by atoms with Crippen molar-refractivity contribution >= 4 is 33.2 Å². The predicted molar refractivity (Wildman–Crippen MR) is 119 cm³/mol. The maximum absolute atomic E-state index is 13.1. The average molecular weight is 446 g/mol. The molecule has 0 atom stereocenters. The van der Waals surface area contributed by atoms with E-state index in [1.54, 1.807) is 24.3 Å². The zero-order chi connectivity index (χ0) is 22.4. The van der Waals surface area contributed by atoms with Gasteiger partial charge in [0.25, 0.3) is 5.91 Å². The fourth-order valence-corrected chi connectivity index (χ4v) is 5.04. The Labute approximate surface area is 182 Å². The third-order valence-corrected chi connectivity index (χ3v) is 6.98. The van der Waals surface area contributed by atoms with Gasteiger partial charge in [0, 0.05) is 31.4 Å². The highest BCUT2D eigenvalue weighted by molar-refractivity contribution is 7.89. The van der Waals surface area contributed by atoms with Gasteiger partial charge in [-0.25, -0.2) is 8.42 Å². The molecule has 0 aromatic heterocycles. The summed E-state index contributed by atoms with van der Waals surface area (Å²) in [7, 11) is -2.27. The standard InChI is InChI=1S/C22H27N3O5S/c1-16(26)23-17-7-9-18(10-8-17)24-22(27)20-15-19(11-12-21(20)30-2)31(28,29)25-13-5-3-4-6-14-25/h7-12,15H,3-6,13-14H2,1-2H3,(H,23,26)(H,24,27). The maximum atomic E-state index is 13.1. The topological polar surface area (TPSA) is 105 Å². The molecule has 9 heteroatoms. The van der Waals surface area contributed by atoms with Crippen molar-refractivity contribution in [3.63, 3.8) is 0 Å². The second kappa shape index (κ2) is 9.93. The van der Waals surface area contributed by atoms with Gasteiger partial charge in [-0.2, -0.15) is 4.31 Å². The molecule has 2 amide bonds. The molecular formula is C22H27N3O5S. The molecule has 1 aliphatic rings. The summed E-state index contributed by atoms with van der Waals surface area (Å²) in [6.45, 7) is 2.38. The molecule has 0 unspecified atom stereocenters. The summed E-state index contributed by atoms with van der Waals surface area (Å²) < 4.78 is 33.0. The Morgan fingerprint density at radius 1 is 0.903 bits per heavy atom. The first-order valence-electron chi connectivity index (χ1n) is 10.2. The number of nitrogens with zero attached hydrogens (tertiary/aromatic N) is 1. The van der Waals surface area contributed by atoms with Crippen LogP contribution in [0.2, 0.25) is 0 Å². The third kappa shape index (κ3) is 5.62. The minimum absolute atomic E-state index is 0.0707. The molecule has 31 heavy (non-hydrogen) atoms. The molecule has 0 radical (unpaired) electrons. The summed E-state index contributed by atoms with van der Waals surface area (Å²) in [4.78, 5) is 24.1. The molecule has 3 rings (SSSR count). The molecule has 8 nitrogen and oxygen atoms in total. The van der Waals surface area contributed by atoms with Gasteiger partial charge in [0.1, 0.15) is 5.75 Å². The summed E-state index contributed by atoms with van der Waals surface area (Å²) in [6, 6.07) is 10.9. The highest BCUT2D eigenvalue weighted by Gasteiger charge is 2.27. The summed E-state index contributed by atoms with van der Waals surface area (Å²) in [6.07, 6.45) is 3.69. The van der Waals surface area contributed by atoms with Crippen LogP contribution in [0.1, 0.15) is 43.0 Å². The Balaban J connectivity index is 1.84. The highest BCUT2D eigenvalue weighted by Crippen LogP contribution is 2.27. The van der Waals surface area contributed by atoms with Crippen molar-refractivity contribution in [2.24, 2.45) is 0 Å². The molecule has 2 N–H and O–H groups in total. The van der Waals surface area contributed by atoms with Crippen LogP contribution >= 0.6 is 0 Å². The minimum atomic E-state index is -3.70. The molecule has 1 saturated heterocycles. The van der Waals surface area contributed by atoms with Gasteiger partial charge in [0.2, 0.25) is 15.9 Å². The van der Waals surface area contributed by atoms with E-state index in [1.807, 2.05) is 0 Å². The molecule has 166 valence electrons. The van der Waals surface area contributed by atoms with Crippen LogP contribution in [0.3, 0.4) is 0 Å². The second-order valence-electron chi connectivity index (χ2n) is 7.39. The Hall–Kier alpha value is -2.91. The molecule has 0 aliphatic carbocycles. The van der Waals surface area contributed by atoms with E-state index in [0.29, 0.717) is 24.5 Å². The van der Waals surface area contributed by atoms with Gasteiger partial charge >= 0.3 is 0 Å². The number of amides is 2. The van der Waals surface area contributed by atoms with E-state index < -0.39 is 15.9 Å². The molecule has 2 aromatic carbocycles. The first-order valence-corrected chi connectivity index (χ1v) is 11.6. The number of carbonyl (C=O) groups is 2. The molecule has 0 saturated carbocycles. The number of sulfonamides is 1. The van der Waals surface area contributed by atoms with Crippen molar-refractivity contribution in [3.8, 4) is 5.75 Å². The Morgan fingerprint density at radius 2 is 1.48 bits per heavy atom. The average Bonchev–Trinajstić information content (AvgIpc) is 3.04. The lowest BCUT2D eigenvalue weighted by atomic mass is 10.1. The third-order valence-electron chi connectivity index (χ3n) is 5.08. The largest absolute Gasteiger partial charge is 0.496 e. The monoisotopic (exact) mass is 445 g/mol. The molecular weight excluding hydrogens is 418 g/mol. The lowest BCUT2D eigenvalue weighted by Crippen LogP contribution is -2.32. The van der Waals surface area contributed by atoms with Crippen molar-refractivity contribution in [1.82, 2.24) is 4.31 Å². The highest BCUT2D eigenvalue weighted by atomic mass is 32.2. The van der Waals surface area contributed by atoms with E-state index in [2.05, 4.69) is 10.6 Å². The van der Waals surface area contributed by atoms with Crippen LogP contribution < -0.4 is 15.4 Å². The zero-order valence-electron chi connectivity index (χ0n) is 17.7. The second-order valence-corrected chi connectivity index (χ2v) is 9.33. The molecule has 1 aliphatic heterocycles. The van der Waals surface area contributed by atoms with Gasteiger partial charge in [-0.15, -0.1) is 0 Å². The van der Waals surface area contributed by atoms with Crippen LogP contribution in [0.5, 0.6) is 5.75 Å². The SMILES string of the molecule is COc1ccc(S(=O)(=O)N2CCCCCC2)cc1C(=O)Nc1ccc(NC(C)=O)cc1. The fourth-order valence-electron chi connectivity index (χ4n) is 3.49. The Kier molecular flexibility index (Phi) is 7.29. The van der Waals surface area contributed by atoms with Gasteiger partial charge in [0.15, 0.2) is 0 Å². The summed E-state index contributed by atoms with van der Waals surface area (Å²) >= 11 is 0. The van der Waals surface area contributed by atoms with E-state index in [0.717, 1.165) is 25.7 Å². The van der Waals surface area contributed by atoms with Crippen molar-refractivity contribution in [1.29, 1.82) is 0 Å². The Morgan fingerprint density at radius 3 is 2.03 bits per heavy atom. The lowest BCUT2D eigenvalue weighted by Gasteiger charge is -2.20. The number of anilines is 2. The quantitative estimate of drug-likeness (QED) is 0.708. The van der Waals surface area contributed by atoms with Gasteiger partial charge in [-0.1, -0.05) is 12.8 Å². The summed E-state index contributed by atoms with van der Waals surface area (Å²) in [5.41, 5.74) is 1.24. The number of hydrogen-bond donors (Lipinski definition) is 2. The van der Waals surface area contributed by atoms with E-state index in [4.69, 9.17) is 4.74 Å². The molecule has 0 spiro atoms. The zero-order valence-corrected chi connectivity index (χ0v) is 18.5. The lowest BCUT2D eigenvalue weighted by molar-refractivity contribution is -0.114. The van der Waals surface area contributed by atoms with Crippen molar-refractivity contribution in [2.45, 2.75) is 37.5 Å². The van der Waals surface area contributed by atoms with Crippen LogP contribution in [0.4, 0.5) is 11.4 Å². The molecule has 1 heterocycles. The van der Waals surface area contributed by atoms with Gasteiger partial charge in [-0.05, 0) is 55.3 Å². The van der Waals surface area contributed by atoms with Crippen molar-refractivity contribution < 1.29 is 22.7 Å². The number of carbonyl (C=O) groups excluding carboxylic acids is 2. The number of nitrogens with one attached hydrogen (secondary N) is 2. The number of benzene rings is 2. The van der Waals surface area contributed by atoms with E-state index in [9.17, 15) is 18.0 Å². The smallest absolute Gasteiger partial charge is 0.259 e. The molecule has 0 bridgehead atoms. The van der Waals surface area contributed by atoms with E-state index in [1.165, 1.54) is 36.5 Å². The molecule has 1 fully saturated rings. The van der Waals surface area contributed by atoms with Crippen LogP contribution in [0.15, 0.2) is 47.4 Å². The van der Waals surface area contributed by atoms with Crippen LogP contribution in [0.25, 0.3) is 0 Å². The Bertz CT molecular complexity index is 1040. The van der Waals surface area contributed by atoms with Crippen LogP contribution in [-0.2, 0) is 14.8 Å². The number of rotatable bonds is 6. The van der Waals surface area contributed by atoms with Crippen molar-refractivity contribution in [2.75, 3.05) is 30.8 Å². The number of methoxy groups -OCH3 is 1.